The van der Waals surface area contributed by atoms with Crippen molar-refractivity contribution in [1.29, 1.82) is 0 Å². The van der Waals surface area contributed by atoms with E-state index in [9.17, 15) is 22.8 Å². The number of fused-ring (bicyclic) bond motifs is 1. The SMILES string of the molecule is COc1ccc(CN(C(=O)CN2C(=O)c3ccccc3S2(=O)=O)[C@@H](C(=O)NC[C@H]2CCCO2)c2ccco2)cc1. The smallest absolute Gasteiger partial charge is 0.269 e. The molecule has 0 aliphatic carbocycles. The van der Waals surface area contributed by atoms with Gasteiger partial charge in [0.15, 0.2) is 6.04 Å². The average molecular weight is 568 g/mol. The summed E-state index contributed by atoms with van der Waals surface area (Å²) in [7, 11) is -2.72. The molecule has 2 aromatic carbocycles. The Kier molecular flexibility index (Phi) is 7.90. The van der Waals surface area contributed by atoms with Gasteiger partial charge in [-0.25, -0.2) is 12.7 Å². The summed E-state index contributed by atoms with van der Waals surface area (Å²) in [5, 5.41) is 2.85. The Balaban J connectivity index is 1.47. The molecule has 3 heterocycles. The lowest BCUT2D eigenvalue weighted by Gasteiger charge is -2.31. The topological polar surface area (TPSA) is 135 Å². The van der Waals surface area contributed by atoms with Crippen molar-refractivity contribution in [3.63, 3.8) is 0 Å². The van der Waals surface area contributed by atoms with Gasteiger partial charge < -0.3 is 24.1 Å². The fourth-order valence-electron chi connectivity index (χ4n) is 4.84. The number of hydrogen-bond donors (Lipinski definition) is 1. The van der Waals surface area contributed by atoms with Crippen LogP contribution in [0.5, 0.6) is 5.75 Å². The number of rotatable bonds is 10. The summed E-state index contributed by atoms with van der Waals surface area (Å²) in [4.78, 5) is 41.6. The Morgan fingerprint density at radius 2 is 1.90 bits per heavy atom. The van der Waals surface area contributed by atoms with Crippen LogP contribution in [0.25, 0.3) is 0 Å². The summed E-state index contributed by atoms with van der Waals surface area (Å²) >= 11 is 0. The van der Waals surface area contributed by atoms with Gasteiger partial charge in [-0.1, -0.05) is 24.3 Å². The zero-order chi connectivity index (χ0) is 28.3. The summed E-state index contributed by atoms with van der Waals surface area (Å²) in [6, 6.07) is 14.6. The van der Waals surface area contributed by atoms with E-state index >= 15 is 0 Å². The molecular weight excluding hydrogens is 538 g/mol. The molecule has 0 saturated carbocycles. The van der Waals surface area contributed by atoms with Gasteiger partial charge in [0, 0.05) is 19.7 Å². The van der Waals surface area contributed by atoms with Gasteiger partial charge in [-0.2, -0.15) is 0 Å². The number of nitrogens with zero attached hydrogens (tertiary/aromatic N) is 2. The number of ether oxygens (including phenoxy) is 2. The minimum Gasteiger partial charge on any atom is -0.497 e. The summed E-state index contributed by atoms with van der Waals surface area (Å²) in [6.45, 7) is -0.00133. The van der Waals surface area contributed by atoms with E-state index < -0.39 is 40.3 Å². The number of carbonyl (C=O) groups excluding carboxylic acids is 3. The summed E-state index contributed by atoms with van der Waals surface area (Å²) in [5.41, 5.74) is 0.644. The van der Waals surface area contributed by atoms with Crippen molar-refractivity contribution < 1.29 is 36.7 Å². The lowest BCUT2D eigenvalue weighted by atomic mass is 10.1. The van der Waals surface area contributed by atoms with E-state index in [0.717, 1.165) is 12.8 Å². The van der Waals surface area contributed by atoms with Gasteiger partial charge in [0.05, 0.1) is 25.0 Å². The minimum atomic E-state index is -4.25. The van der Waals surface area contributed by atoms with E-state index in [2.05, 4.69) is 5.32 Å². The predicted octanol–water partition coefficient (Wildman–Crippen LogP) is 2.50. The molecule has 1 fully saturated rings. The summed E-state index contributed by atoms with van der Waals surface area (Å²) < 4.78 is 43.3. The maximum atomic E-state index is 13.9. The molecule has 1 saturated heterocycles. The Bertz CT molecular complexity index is 1480. The fraction of sp³-hybridized carbons (Fsp3) is 0.321. The number of sulfonamides is 1. The normalized spacial score (nSPS) is 18.3. The molecule has 3 amide bonds. The second-order valence-corrected chi connectivity index (χ2v) is 11.3. The zero-order valence-corrected chi connectivity index (χ0v) is 22.6. The van der Waals surface area contributed by atoms with E-state index in [1.54, 1.807) is 42.5 Å². The zero-order valence-electron chi connectivity index (χ0n) is 21.8. The van der Waals surface area contributed by atoms with Gasteiger partial charge in [0.25, 0.3) is 21.8 Å². The monoisotopic (exact) mass is 567 g/mol. The first kappa shape index (κ1) is 27.4. The van der Waals surface area contributed by atoms with Crippen LogP contribution in [0.3, 0.4) is 0 Å². The molecule has 3 aromatic rings. The highest BCUT2D eigenvalue weighted by atomic mass is 32.2. The molecule has 2 atom stereocenters. The van der Waals surface area contributed by atoms with Crippen molar-refractivity contribution in [2.24, 2.45) is 0 Å². The largest absolute Gasteiger partial charge is 0.497 e. The number of carbonyl (C=O) groups is 3. The van der Waals surface area contributed by atoms with Crippen molar-refractivity contribution in [3.8, 4) is 5.75 Å². The fourth-order valence-corrected chi connectivity index (χ4v) is 6.36. The van der Waals surface area contributed by atoms with E-state index in [4.69, 9.17) is 13.9 Å². The second-order valence-electron chi connectivity index (χ2n) is 9.48. The highest BCUT2D eigenvalue weighted by molar-refractivity contribution is 7.90. The molecule has 2 aliphatic rings. The molecule has 11 nitrogen and oxygen atoms in total. The summed E-state index contributed by atoms with van der Waals surface area (Å²) in [5.74, 6) is -1.29. The number of nitrogens with one attached hydrogen (secondary N) is 1. The van der Waals surface area contributed by atoms with Gasteiger partial charge in [0.1, 0.15) is 22.9 Å². The maximum Gasteiger partial charge on any atom is 0.269 e. The maximum absolute atomic E-state index is 13.9. The van der Waals surface area contributed by atoms with Crippen LogP contribution in [0.15, 0.2) is 76.2 Å². The van der Waals surface area contributed by atoms with Crippen LogP contribution in [0.2, 0.25) is 0 Å². The molecular formula is C28H29N3O8S. The highest BCUT2D eigenvalue weighted by Gasteiger charge is 2.44. The first-order valence-electron chi connectivity index (χ1n) is 12.8. The molecule has 0 radical (unpaired) electrons. The average Bonchev–Trinajstić information content (AvgIpc) is 3.72. The predicted molar refractivity (Wildman–Crippen MR) is 142 cm³/mol. The second kappa shape index (κ2) is 11.5. The Labute approximate surface area is 231 Å². The third kappa shape index (κ3) is 5.45. The number of hydrogen-bond acceptors (Lipinski definition) is 8. The standard InChI is InChI=1S/C28H29N3O8S/c1-37-20-12-10-19(11-13-20)17-30(25(32)18-31-28(34)22-7-2-3-9-24(22)40(31,35)36)26(23-8-5-15-39-23)27(33)29-16-21-6-4-14-38-21/h2-3,5,7-13,15,21,26H,4,6,14,16-18H2,1H3,(H,29,33)/t21-,26-/m1/s1. The van der Waals surface area contributed by atoms with Gasteiger partial charge in [-0.15, -0.1) is 0 Å². The van der Waals surface area contributed by atoms with Crippen molar-refractivity contribution in [1.82, 2.24) is 14.5 Å². The Morgan fingerprint density at radius 1 is 1.12 bits per heavy atom. The van der Waals surface area contributed by atoms with Crippen LogP contribution < -0.4 is 10.1 Å². The molecule has 40 heavy (non-hydrogen) atoms. The van der Waals surface area contributed by atoms with Gasteiger partial charge in [-0.05, 0) is 54.8 Å². The molecule has 210 valence electrons. The van der Waals surface area contributed by atoms with Crippen LogP contribution >= 0.6 is 0 Å². The minimum absolute atomic E-state index is 0.00565. The molecule has 0 bridgehead atoms. The highest BCUT2D eigenvalue weighted by Crippen LogP contribution is 2.31. The Morgan fingerprint density at radius 3 is 2.55 bits per heavy atom. The molecule has 1 aromatic heterocycles. The molecule has 1 N–H and O–H groups in total. The lowest BCUT2D eigenvalue weighted by molar-refractivity contribution is -0.142. The van der Waals surface area contributed by atoms with Crippen LogP contribution in [0.4, 0.5) is 0 Å². The quantitative estimate of drug-likeness (QED) is 0.395. The van der Waals surface area contributed by atoms with Crippen LogP contribution in [-0.2, 0) is 30.9 Å². The van der Waals surface area contributed by atoms with Crippen molar-refractivity contribution >= 4 is 27.7 Å². The van der Waals surface area contributed by atoms with E-state index in [1.807, 2.05) is 0 Å². The van der Waals surface area contributed by atoms with E-state index in [-0.39, 0.29) is 35.4 Å². The number of benzene rings is 2. The van der Waals surface area contributed by atoms with Gasteiger partial charge in [0.2, 0.25) is 5.91 Å². The first-order chi connectivity index (χ1) is 19.3. The third-order valence-electron chi connectivity index (χ3n) is 6.92. The third-order valence-corrected chi connectivity index (χ3v) is 8.71. The first-order valence-corrected chi connectivity index (χ1v) is 14.2. The molecule has 5 rings (SSSR count). The van der Waals surface area contributed by atoms with Crippen molar-refractivity contribution in [3.05, 3.63) is 83.8 Å². The van der Waals surface area contributed by atoms with Crippen LogP contribution in [0, 0.1) is 0 Å². The number of amides is 3. The van der Waals surface area contributed by atoms with Crippen molar-refractivity contribution in [2.75, 3.05) is 26.8 Å². The lowest BCUT2D eigenvalue weighted by Crippen LogP contribution is -2.48. The molecule has 2 aliphatic heterocycles. The molecule has 0 unspecified atom stereocenters. The Hall–Kier alpha value is -4.16. The number of furan rings is 1. The number of methoxy groups -OCH3 is 1. The van der Waals surface area contributed by atoms with E-state index in [0.29, 0.717) is 22.2 Å². The van der Waals surface area contributed by atoms with Crippen molar-refractivity contribution in [2.45, 2.75) is 36.4 Å². The molecule has 12 heteroatoms. The molecule has 0 spiro atoms. The van der Waals surface area contributed by atoms with Crippen LogP contribution in [-0.4, -0.2) is 68.3 Å². The van der Waals surface area contributed by atoms with E-state index in [1.165, 1.54) is 36.5 Å². The van der Waals surface area contributed by atoms with Gasteiger partial charge >= 0.3 is 0 Å². The van der Waals surface area contributed by atoms with Gasteiger partial charge in [-0.3, -0.25) is 14.4 Å². The van der Waals surface area contributed by atoms with Crippen LogP contribution in [0.1, 0.15) is 40.6 Å². The summed E-state index contributed by atoms with van der Waals surface area (Å²) in [6.07, 6.45) is 2.94.